The predicted molar refractivity (Wildman–Crippen MR) is 80.6 cm³/mol. The Morgan fingerprint density at radius 1 is 1.10 bits per heavy atom. The summed E-state index contributed by atoms with van der Waals surface area (Å²) in [4.78, 5) is 17.4. The van der Waals surface area contributed by atoms with Gasteiger partial charge in [0.2, 0.25) is 5.91 Å². The summed E-state index contributed by atoms with van der Waals surface area (Å²) < 4.78 is 0. The van der Waals surface area contributed by atoms with E-state index < -0.39 is 0 Å². The first-order valence-corrected chi connectivity index (χ1v) is 8.50. The molecule has 114 valence electrons. The molecule has 0 aromatic heterocycles. The standard InChI is InChI=1S/C16H29N3O/c1-13-11-14(5-7-17-13)16(20)19-10-6-15(12-19)18-8-3-2-4-9-18/h13-15,17H,2-12H2,1H3. The van der Waals surface area contributed by atoms with Crippen molar-refractivity contribution in [3.63, 3.8) is 0 Å². The topological polar surface area (TPSA) is 35.6 Å². The van der Waals surface area contributed by atoms with E-state index in [1.54, 1.807) is 0 Å². The second-order valence-electron chi connectivity index (χ2n) is 6.90. The average molecular weight is 279 g/mol. The summed E-state index contributed by atoms with van der Waals surface area (Å²) in [6.45, 7) is 7.66. The first-order valence-electron chi connectivity index (χ1n) is 8.50. The van der Waals surface area contributed by atoms with Crippen LogP contribution >= 0.6 is 0 Å². The van der Waals surface area contributed by atoms with E-state index in [1.165, 1.54) is 38.8 Å². The molecule has 3 atom stereocenters. The van der Waals surface area contributed by atoms with Crippen molar-refractivity contribution in [2.24, 2.45) is 5.92 Å². The van der Waals surface area contributed by atoms with Crippen molar-refractivity contribution in [2.75, 3.05) is 32.7 Å². The molecule has 3 unspecified atom stereocenters. The zero-order chi connectivity index (χ0) is 13.9. The van der Waals surface area contributed by atoms with E-state index in [4.69, 9.17) is 0 Å². The molecule has 3 aliphatic heterocycles. The Bertz CT molecular complexity index is 341. The highest BCUT2D eigenvalue weighted by molar-refractivity contribution is 5.79. The van der Waals surface area contributed by atoms with E-state index in [0.717, 1.165) is 32.5 Å². The molecule has 1 amide bonds. The first kappa shape index (κ1) is 14.3. The molecule has 3 saturated heterocycles. The number of hydrogen-bond acceptors (Lipinski definition) is 3. The third-order valence-electron chi connectivity index (χ3n) is 5.36. The smallest absolute Gasteiger partial charge is 0.225 e. The number of nitrogens with zero attached hydrogens (tertiary/aromatic N) is 2. The van der Waals surface area contributed by atoms with Crippen molar-refractivity contribution < 1.29 is 4.79 Å². The Balaban J connectivity index is 1.52. The number of amides is 1. The van der Waals surface area contributed by atoms with E-state index in [2.05, 4.69) is 22.0 Å². The van der Waals surface area contributed by atoms with Crippen molar-refractivity contribution in [1.29, 1.82) is 0 Å². The van der Waals surface area contributed by atoms with Gasteiger partial charge in [-0.05, 0) is 58.7 Å². The highest BCUT2D eigenvalue weighted by atomic mass is 16.2. The van der Waals surface area contributed by atoms with Crippen molar-refractivity contribution in [3.8, 4) is 0 Å². The minimum absolute atomic E-state index is 0.270. The van der Waals surface area contributed by atoms with Gasteiger partial charge in [-0.15, -0.1) is 0 Å². The van der Waals surface area contributed by atoms with Crippen LogP contribution < -0.4 is 5.32 Å². The van der Waals surface area contributed by atoms with Crippen molar-refractivity contribution >= 4 is 5.91 Å². The van der Waals surface area contributed by atoms with Crippen LogP contribution in [0.4, 0.5) is 0 Å². The van der Waals surface area contributed by atoms with E-state index >= 15 is 0 Å². The molecule has 0 aromatic carbocycles. The predicted octanol–water partition coefficient (Wildman–Crippen LogP) is 1.46. The van der Waals surface area contributed by atoms with Crippen molar-refractivity contribution in [2.45, 2.75) is 57.5 Å². The van der Waals surface area contributed by atoms with Gasteiger partial charge in [-0.1, -0.05) is 6.42 Å². The van der Waals surface area contributed by atoms with Gasteiger partial charge < -0.3 is 10.2 Å². The Kier molecular flexibility index (Phi) is 4.61. The second-order valence-corrected chi connectivity index (χ2v) is 6.90. The normalized spacial score (nSPS) is 36.2. The maximum absolute atomic E-state index is 12.7. The molecule has 0 bridgehead atoms. The van der Waals surface area contributed by atoms with Gasteiger partial charge in [0, 0.05) is 31.1 Å². The summed E-state index contributed by atoms with van der Waals surface area (Å²) in [5.41, 5.74) is 0. The number of nitrogens with one attached hydrogen (secondary N) is 1. The van der Waals surface area contributed by atoms with Crippen LogP contribution in [0.15, 0.2) is 0 Å². The van der Waals surface area contributed by atoms with E-state index in [-0.39, 0.29) is 5.92 Å². The number of hydrogen-bond donors (Lipinski definition) is 1. The van der Waals surface area contributed by atoms with Crippen molar-refractivity contribution in [3.05, 3.63) is 0 Å². The van der Waals surface area contributed by atoms with Gasteiger partial charge in [0.1, 0.15) is 0 Å². The highest BCUT2D eigenvalue weighted by Crippen LogP contribution is 2.24. The molecule has 20 heavy (non-hydrogen) atoms. The van der Waals surface area contributed by atoms with Gasteiger partial charge >= 0.3 is 0 Å². The van der Waals surface area contributed by atoms with Crippen LogP contribution in [0.2, 0.25) is 0 Å². The van der Waals surface area contributed by atoms with Crippen molar-refractivity contribution in [1.82, 2.24) is 15.1 Å². The van der Waals surface area contributed by atoms with Crippen LogP contribution in [-0.4, -0.2) is 60.5 Å². The van der Waals surface area contributed by atoms with Crippen LogP contribution in [-0.2, 0) is 4.79 Å². The summed E-state index contributed by atoms with van der Waals surface area (Å²) in [6.07, 6.45) is 7.30. The number of likely N-dealkylation sites (tertiary alicyclic amines) is 2. The summed E-state index contributed by atoms with van der Waals surface area (Å²) >= 11 is 0. The van der Waals surface area contributed by atoms with Gasteiger partial charge in [-0.3, -0.25) is 9.69 Å². The average Bonchev–Trinajstić information content (AvgIpc) is 2.97. The van der Waals surface area contributed by atoms with E-state index in [9.17, 15) is 4.79 Å². The number of piperidine rings is 2. The van der Waals surface area contributed by atoms with Crippen LogP contribution in [0.3, 0.4) is 0 Å². The van der Waals surface area contributed by atoms with Crippen LogP contribution in [0, 0.1) is 5.92 Å². The first-order chi connectivity index (χ1) is 9.74. The summed E-state index contributed by atoms with van der Waals surface area (Å²) in [5.74, 6) is 0.698. The molecule has 3 fully saturated rings. The fourth-order valence-electron chi connectivity index (χ4n) is 4.14. The molecule has 3 aliphatic rings. The van der Waals surface area contributed by atoms with E-state index in [1.807, 2.05) is 0 Å². The fraction of sp³-hybridized carbons (Fsp3) is 0.938. The van der Waals surface area contributed by atoms with Gasteiger partial charge in [0.25, 0.3) is 0 Å². The maximum Gasteiger partial charge on any atom is 0.225 e. The van der Waals surface area contributed by atoms with Gasteiger partial charge in [0.15, 0.2) is 0 Å². The maximum atomic E-state index is 12.7. The van der Waals surface area contributed by atoms with Gasteiger partial charge in [-0.25, -0.2) is 0 Å². The lowest BCUT2D eigenvalue weighted by atomic mass is 9.92. The highest BCUT2D eigenvalue weighted by Gasteiger charge is 2.35. The lowest BCUT2D eigenvalue weighted by Gasteiger charge is -2.33. The molecule has 0 aromatic rings. The molecule has 4 heteroatoms. The lowest BCUT2D eigenvalue weighted by molar-refractivity contribution is -0.135. The van der Waals surface area contributed by atoms with Crippen LogP contribution in [0.5, 0.6) is 0 Å². The summed E-state index contributed by atoms with van der Waals surface area (Å²) in [5, 5.41) is 3.44. The molecular formula is C16H29N3O. The minimum Gasteiger partial charge on any atom is -0.341 e. The largest absolute Gasteiger partial charge is 0.341 e. The van der Waals surface area contributed by atoms with Gasteiger partial charge in [-0.2, -0.15) is 0 Å². The molecule has 0 spiro atoms. The molecule has 4 nitrogen and oxygen atoms in total. The molecule has 1 N–H and O–H groups in total. The molecule has 0 saturated carbocycles. The number of carbonyl (C=O) groups excluding carboxylic acids is 1. The minimum atomic E-state index is 0.270. The quantitative estimate of drug-likeness (QED) is 0.831. The third kappa shape index (κ3) is 3.17. The monoisotopic (exact) mass is 279 g/mol. The molecule has 0 aliphatic carbocycles. The fourth-order valence-corrected chi connectivity index (χ4v) is 4.14. The number of carbonyl (C=O) groups is 1. The molecule has 3 rings (SSSR count). The Hall–Kier alpha value is -0.610. The summed E-state index contributed by atoms with van der Waals surface area (Å²) in [6, 6.07) is 1.14. The SMILES string of the molecule is CC1CC(C(=O)N2CCC(N3CCCCC3)C2)CCN1. The van der Waals surface area contributed by atoms with Crippen LogP contribution in [0.1, 0.15) is 45.4 Å². The number of rotatable bonds is 2. The zero-order valence-corrected chi connectivity index (χ0v) is 12.8. The molecule has 0 radical (unpaired) electrons. The van der Waals surface area contributed by atoms with Crippen LogP contribution in [0.25, 0.3) is 0 Å². The summed E-state index contributed by atoms with van der Waals surface area (Å²) in [7, 11) is 0. The molecule has 3 heterocycles. The van der Waals surface area contributed by atoms with E-state index in [0.29, 0.717) is 18.0 Å². The second kappa shape index (κ2) is 6.44. The Labute approximate surface area is 122 Å². The third-order valence-corrected chi connectivity index (χ3v) is 5.36. The lowest BCUT2D eigenvalue weighted by Crippen LogP contribution is -2.45. The Morgan fingerprint density at radius 3 is 2.65 bits per heavy atom. The van der Waals surface area contributed by atoms with Gasteiger partial charge in [0.05, 0.1) is 0 Å². The Morgan fingerprint density at radius 2 is 1.90 bits per heavy atom. The zero-order valence-electron chi connectivity index (χ0n) is 12.8. The molecular weight excluding hydrogens is 250 g/mol.